The molecule has 5 heteroatoms. The quantitative estimate of drug-likeness (QED) is 0.779. The minimum Gasteiger partial charge on any atom is -0.346 e. The highest BCUT2D eigenvalue weighted by Crippen LogP contribution is 2.41. The SMILES string of the molecule is CCO[C@@]1(C)O[C@@H]2C=CC(=O)C[C@H]2O[C@]1(C)OCC. The highest BCUT2D eigenvalue weighted by atomic mass is 16.8. The first-order valence-corrected chi connectivity index (χ1v) is 6.78. The summed E-state index contributed by atoms with van der Waals surface area (Å²) in [5, 5.41) is 0. The second-order valence-corrected chi connectivity index (χ2v) is 5.03. The van der Waals surface area contributed by atoms with Crippen LogP contribution >= 0.6 is 0 Å². The van der Waals surface area contributed by atoms with Crippen LogP contribution in [0.15, 0.2) is 12.2 Å². The van der Waals surface area contributed by atoms with Gasteiger partial charge in [-0.25, -0.2) is 0 Å². The summed E-state index contributed by atoms with van der Waals surface area (Å²) in [7, 11) is 0. The molecule has 0 spiro atoms. The van der Waals surface area contributed by atoms with Gasteiger partial charge in [0.2, 0.25) is 11.6 Å². The Balaban J connectivity index is 2.27. The van der Waals surface area contributed by atoms with Crippen molar-refractivity contribution in [2.45, 2.75) is 57.9 Å². The van der Waals surface area contributed by atoms with Crippen molar-refractivity contribution in [2.24, 2.45) is 0 Å². The lowest BCUT2D eigenvalue weighted by Gasteiger charge is -2.52. The molecule has 0 amide bonds. The zero-order chi connectivity index (χ0) is 14.1. The minimum absolute atomic E-state index is 0.0451. The van der Waals surface area contributed by atoms with E-state index in [2.05, 4.69) is 0 Å². The van der Waals surface area contributed by atoms with Crippen molar-refractivity contribution >= 4 is 5.78 Å². The second-order valence-electron chi connectivity index (χ2n) is 5.03. The highest BCUT2D eigenvalue weighted by molar-refractivity contribution is 5.91. The van der Waals surface area contributed by atoms with Crippen molar-refractivity contribution < 1.29 is 23.7 Å². The first-order valence-electron chi connectivity index (χ1n) is 6.78. The van der Waals surface area contributed by atoms with E-state index in [-0.39, 0.29) is 18.0 Å². The lowest BCUT2D eigenvalue weighted by Crippen LogP contribution is -2.66. The Bertz CT molecular complexity index is 380. The zero-order valence-corrected chi connectivity index (χ0v) is 12.0. The maximum Gasteiger partial charge on any atom is 0.221 e. The van der Waals surface area contributed by atoms with Crippen LogP contribution in [0.4, 0.5) is 0 Å². The van der Waals surface area contributed by atoms with Gasteiger partial charge >= 0.3 is 0 Å². The molecule has 1 fully saturated rings. The Kier molecular flexibility index (Phi) is 4.11. The van der Waals surface area contributed by atoms with Gasteiger partial charge in [-0.3, -0.25) is 4.79 Å². The summed E-state index contributed by atoms with van der Waals surface area (Å²) in [6.45, 7) is 8.36. The van der Waals surface area contributed by atoms with Crippen LogP contribution in [-0.4, -0.2) is 42.8 Å². The molecule has 2 rings (SSSR count). The predicted octanol–water partition coefficient (Wildman–Crippen LogP) is 1.80. The van der Waals surface area contributed by atoms with E-state index in [9.17, 15) is 4.79 Å². The molecule has 1 saturated heterocycles. The van der Waals surface area contributed by atoms with E-state index in [0.29, 0.717) is 19.6 Å². The molecule has 1 aliphatic heterocycles. The smallest absolute Gasteiger partial charge is 0.221 e. The third-order valence-corrected chi connectivity index (χ3v) is 3.64. The Morgan fingerprint density at radius 2 is 1.79 bits per heavy atom. The average Bonchev–Trinajstić information content (AvgIpc) is 2.32. The molecule has 1 aliphatic carbocycles. The molecule has 4 atom stereocenters. The standard InChI is InChI=1S/C14H22O5/c1-5-16-13(3)14(4,17-6-2)19-12-9-10(15)7-8-11(12)18-13/h7-8,11-12H,5-6,9H2,1-4H3/t11-,12-,13+,14+/m1/s1. The number of hydrogen-bond acceptors (Lipinski definition) is 5. The summed E-state index contributed by atoms with van der Waals surface area (Å²) in [6, 6.07) is 0. The molecule has 0 radical (unpaired) electrons. The van der Waals surface area contributed by atoms with Gasteiger partial charge in [0.15, 0.2) is 5.78 Å². The predicted molar refractivity (Wildman–Crippen MR) is 68.6 cm³/mol. The van der Waals surface area contributed by atoms with Crippen molar-refractivity contribution in [3.05, 3.63) is 12.2 Å². The molecule has 0 aromatic rings. The van der Waals surface area contributed by atoms with Gasteiger partial charge in [-0.05, 0) is 39.8 Å². The van der Waals surface area contributed by atoms with Gasteiger partial charge in [0.1, 0.15) is 6.10 Å². The van der Waals surface area contributed by atoms with E-state index < -0.39 is 11.6 Å². The van der Waals surface area contributed by atoms with Crippen LogP contribution in [0.25, 0.3) is 0 Å². The number of carbonyl (C=O) groups excluding carboxylic acids is 1. The maximum atomic E-state index is 11.5. The molecule has 0 aromatic carbocycles. The molecule has 108 valence electrons. The van der Waals surface area contributed by atoms with Crippen molar-refractivity contribution in [3.8, 4) is 0 Å². The second kappa shape index (κ2) is 5.32. The lowest BCUT2D eigenvalue weighted by atomic mass is 9.96. The molecule has 0 aromatic heterocycles. The Labute approximate surface area is 113 Å². The van der Waals surface area contributed by atoms with E-state index in [4.69, 9.17) is 18.9 Å². The summed E-state index contributed by atoms with van der Waals surface area (Å²) in [4.78, 5) is 11.5. The Morgan fingerprint density at radius 1 is 1.21 bits per heavy atom. The van der Waals surface area contributed by atoms with Crippen LogP contribution in [-0.2, 0) is 23.7 Å². The molecule has 19 heavy (non-hydrogen) atoms. The molecular formula is C14H22O5. The van der Waals surface area contributed by atoms with Crippen molar-refractivity contribution in [2.75, 3.05) is 13.2 Å². The monoisotopic (exact) mass is 270 g/mol. The summed E-state index contributed by atoms with van der Waals surface area (Å²) in [5.41, 5.74) is 0. The van der Waals surface area contributed by atoms with Crippen LogP contribution < -0.4 is 0 Å². The molecular weight excluding hydrogens is 248 g/mol. The van der Waals surface area contributed by atoms with Gasteiger partial charge in [-0.15, -0.1) is 0 Å². The van der Waals surface area contributed by atoms with Crippen LogP contribution in [0, 0.1) is 0 Å². The Hall–Kier alpha value is -0.750. The summed E-state index contributed by atoms with van der Waals surface area (Å²) >= 11 is 0. The molecule has 0 N–H and O–H groups in total. The van der Waals surface area contributed by atoms with Gasteiger partial charge in [0.25, 0.3) is 0 Å². The van der Waals surface area contributed by atoms with Crippen LogP contribution in [0.5, 0.6) is 0 Å². The van der Waals surface area contributed by atoms with Crippen molar-refractivity contribution in [1.29, 1.82) is 0 Å². The first kappa shape index (κ1) is 14.7. The minimum atomic E-state index is -1.02. The third-order valence-electron chi connectivity index (χ3n) is 3.64. The fourth-order valence-electron chi connectivity index (χ4n) is 2.58. The van der Waals surface area contributed by atoms with E-state index in [1.54, 1.807) is 19.1 Å². The molecule has 0 bridgehead atoms. The van der Waals surface area contributed by atoms with Gasteiger partial charge in [-0.1, -0.05) is 0 Å². The summed E-state index contributed by atoms with van der Waals surface area (Å²) < 4.78 is 23.5. The molecule has 5 nitrogen and oxygen atoms in total. The lowest BCUT2D eigenvalue weighted by molar-refractivity contribution is -0.450. The molecule has 2 aliphatic rings. The summed E-state index contributed by atoms with van der Waals surface area (Å²) in [6.07, 6.45) is 3.00. The van der Waals surface area contributed by atoms with E-state index in [1.807, 2.05) is 20.8 Å². The van der Waals surface area contributed by atoms with Crippen molar-refractivity contribution in [1.82, 2.24) is 0 Å². The van der Waals surface area contributed by atoms with Gasteiger partial charge in [0, 0.05) is 19.6 Å². The normalized spacial score (nSPS) is 42.2. The van der Waals surface area contributed by atoms with Crippen molar-refractivity contribution in [3.63, 3.8) is 0 Å². The number of ketones is 1. The number of hydrogen-bond donors (Lipinski definition) is 0. The fraction of sp³-hybridized carbons (Fsp3) is 0.786. The zero-order valence-electron chi connectivity index (χ0n) is 12.0. The van der Waals surface area contributed by atoms with E-state index in [1.165, 1.54) is 0 Å². The van der Waals surface area contributed by atoms with Gasteiger partial charge < -0.3 is 18.9 Å². The van der Waals surface area contributed by atoms with Crippen LogP contribution in [0.1, 0.15) is 34.1 Å². The van der Waals surface area contributed by atoms with E-state index in [0.717, 1.165) is 0 Å². The first-order chi connectivity index (χ1) is 8.94. The molecule has 0 saturated carbocycles. The number of fused-ring (bicyclic) bond motifs is 1. The highest BCUT2D eigenvalue weighted by Gasteiger charge is 2.57. The van der Waals surface area contributed by atoms with Crippen LogP contribution in [0.3, 0.4) is 0 Å². The number of allylic oxidation sites excluding steroid dienone is 1. The molecule has 1 heterocycles. The van der Waals surface area contributed by atoms with E-state index >= 15 is 0 Å². The summed E-state index contributed by atoms with van der Waals surface area (Å²) in [5.74, 6) is -1.97. The largest absolute Gasteiger partial charge is 0.346 e. The topological polar surface area (TPSA) is 54.0 Å². The number of carbonyl (C=O) groups is 1. The Morgan fingerprint density at radius 3 is 2.37 bits per heavy atom. The van der Waals surface area contributed by atoms with Gasteiger partial charge in [-0.2, -0.15) is 0 Å². The maximum absolute atomic E-state index is 11.5. The number of rotatable bonds is 4. The third kappa shape index (κ3) is 2.60. The molecule has 0 unspecified atom stereocenters. The van der Waals surface area contributed by atoms with Gasteiger partial charge in [0.05, 0.1) is 6.10 Å². The average molecular weight is 270 g/mol. The fourth-order valence-corrected chi connectivity index (χ4v) is 2.58. The number of ether oxygens (including phenoxy) is 4. The van der Waals surface area contributed by atoms with Crippen LogP contribution in [0.2, 0.25) is 0 Å².